The standard InChI is InChI=1S/C28H26N2O4/c1-18-4-8-22(9-5-18)28(31)30(15-21-7-11-25-27(13-21)33-17-32-25)16-23-14-26(34-29-23)24-10-6-19(2)12-20(24)3/h4-14H,15-17H2,1-3H3. The molecule has 34 heavy (non-hydrogen) atoms. The van der Waals surface area contributed by atoms with Crippen LogP contribution in [0.15, 0.2) is 71.3 Å². The van der Waals surface area contributed by atoms with Crippen LogP contribution in [-0.4, -0.2) is 22.8 Å². The summed E-state index contributed by atoms with van der Waals surface area (Å²) in [5.74, 6) is 2.03. The first-order chi connectivity index (χ1) is 16.5. The number of aryl methyl sites for hydroxylation is 3. The zero-order valence-electron chi connectivity index (χ0n) is 19.5. The molecule has 6 nitrogen and oxygen atoms in total. The lowest BCUT2D eigenvalue weighted by atomic mass is 10.0. The molecule has 172 valence electrons. The van der Waals surface area contributed by atoms with Gasteiger partial charge in [0.05, 0.1) is 6.54 Å². The normalized spacial score (nSPS) is 12.1. The van der Waals surface area contributed by atoms with Crippen molar-refractivity contribution in [1.82, 2.24) is 10.1 Å². The molecule has 0 N–H and O–H groups in total. The minimum absolute atomic E-state index is 0.0752. The lowest BCUT2D eigenvalue weighted by molar-refractivity contribution is 0.0726. The minimum atomic E-state index is -0.0752. The van der Waals surface area contributed by atoms with Crippen LogP contribution in [0.1, 0.15) is 38.3 Å². The van der Waals surface area contributed by atoms with Crippen LogP contribution in [0.25, 0.3) is 11.3 Å². The summed E-state index contributed by atoms with van der Waals surface area (Å²) in [7, 11) is 0. The lowest BCUT2D eigenvalue weighted by Gasteiger charge is -2.22. The van der Waals surface area contributed by atoms with Gasteiger partial charge in [-0.25, -0.2) is 0 Å². The number of carbonyl (C=O) groups excluding carboxylic acids is 1. The summed E-state index contributed by atoms with van der Waals surface area (Å²) < 4.78 is 16.6. The Hall–Kier alpha value is -4.06. The zero-order valence-corrected chi connectivity index (χ0v) is 19.5. The molecule has 0 fully saturated rings. The predicted molar refractivity (Wildman–Crippen MR) is 129 cm³/mol. The molecule has 3 aromatic carbocycles. The largest absolute Gasteiger partial charge is 0.454 e. The van der Waals surface area contributed by atoms with Gasteiger partial charge in [0.25, 0.3) is 5.91 Å². The molecule has 6 heteroatoms. The number of nitrogens with zero attached hydrogens (tertiary/aromatic N) is 2. The number of amides is 1. The van der Waals surface area contributed by atoms with Gasteiger partial charge in [-0.2, -0.15) is 0 Å². The quantitative estimate of drug-likeness (QED) is 0.366. The van der Waals surface area contributed by atoms with E-state index in [0.29, 0.717) is 35.9 Å². The van der Waals surface area contributed by atoms with Gasteiger partial charge in [0, 0.05) is 23.7 Å². The maximum Gasteiger partial charge on any atom is 0.254 e. The number of hydrogen-bond acceptors (Lipinski definition) is 5. The van der Waals surface area contributed by atoms with E-state index >= 15 is 0 Å². The fourth-order valence-corrected chi connectivity index (χ4v) is 4.14. The summed E-state index contributed by atoms with van der Waals surface area (Å²) in [5, 5.41) is 4.27. The van der Waals surface area contributed by atoms with E-state index in [2.05, 4.69) is 31.1 Å². The highest BCUT2D eigenvalue weighted by molar-refractivity contribution is 5.94. The van der Waals surface area contributed by atoms with E-state index in [9.17, 15) is 4.79 Å². The van der Waals surface area contributed by atoms with Crippen molar-refractivity contribution in [3.8, 4) is 22.8 Å². The van der Waals surface area contributed by atoms with Gasteiger partial charge in [0.15, 0.2) is 17.3 Å². The van der Waals surface area contributed by atoms with Crippen molar-refractivity contribution in [3.63, 3.8) is 0 Å². The molecule has 0 saturated heterocycles. The number of aromatic nitrogens is 1. The molecule has 0 atom stereocenters. The van der Waals surface area contributed by atoms with Crippen molar-refractivity contribution >= 4 is 5.91 Å². The maximum absolute atomic E-state index is 13.5. The number of hydrogen-bond donors (Lipinski definition) is 0. The second-order valence-electron chi connectivity index (χ2n) is 8.72. The fourth-order valence-electron chi connectivity index (χ4n) is 4.14. The Morgan fingerprint density at radius 2 is 1.62 bits per heavy atom. The van der Waals surface area contributed by atoms with Gasteiger partial charge in [0.2, 0.25) is 6.79 Å². The first-order valence-electron chi connectivity index (χ1n) is 11.2. The van der Waals surface area contributed by atoms with Crippen molar-refractivity contribution in [3.05, 3.63) is 100 Å². The summed E-state index contributed by atoms with van der Waals surface area (Å²) in [6, 6.07) is 21.5. The third kappa shape index (κ3) is 4.53. The summed E-state index contributed by atoms with van der Waals surface area (Å²) in [4.78, 5) is 15.2. The molecule has 0 unspecified atom stereocenters. The van der Waals surface area contributed by atoms with E-state index in [0.717, 1.165) is 28.0 Å². The average molecular weight is 455 g/mol. The smallest absolute Gasteiger partial charge is 0.254 e. The van der Waals surface area contributed by atoms with Crippen LogP contribution in [0, 0.1) is 20.8 Å². The summed E-state index contributed by atoms with van der Waals surface area (Å²) >= 11 is 0. The topological polar surface area (TPSA) is 64.8 Å². The molecular weight excluding hydrogens is 428 g/mol. The third-order valence-electron chi connectivity index (χ3n) is 5.96. The molecule has 1 aliphatic heterocycles. The SMILES string of the molecule is Cc1ccc(C(=O)N(Cc2ccc3c(c2)OCO3)Cc2cc(-c3ccc(C)cc3C)on2)cc1. The van der Waals surface area contributed by atoms with Crippen LogP contribution in [0.4, 0.5) is 0 Å². The molecule has 0 radical (unpaired) electrons. The zero-order chi connectivity index (χ0) is 23.7. The highest BCUT2D eigenvalue weighted by atomic mass is 16.7. The first kappa shape index (κ1) is 21.8. The van der Waals surface area contributed by atoms with E-state index < -0.39 is 0 Å². The second kappa shape index (κ2) is 9.06. The summed E-state index contributed by atoms with van der Waals surface area (Å²) in [6.45, 7) is 7.04. The van der Waals surface area contributed by atoms with Gasteiger partial charge in [-0.15, -0.1) is 0 Å². The highest BCUT2D eigenvalue weighted by Crippen LogP contribution is 2.33. The van der Waals surface area contributed by atoms with Gasteiger partial charge in [-0.1, -0.05) is 52.7 Å². The molecule has 1 amide bonds. The molecule has 2 heterocycles. The van der Waals surface area contributed by atoms with E-state index in [1.54, 1.807) is 4.90 Å². The van der Waals surface area contributed by atoms with Gasteiger partial charge in [0.1, 0.15) is 5.69 Å². The van der Waals surface area contributed by atoms with Crippen molar-refractivity contribution in [2.24, 2.45) is 0 Å². The Kier molecular flexibility index (Phi) is 5.80. The van der Waals surface area contributed by atoms with Crippen LogP contribution >= 0.6 is 0 Å². The molecule has 0 aliphatic carbocycles. The number of carbonyl (C=O) groups is 1. The Morgan fingerprint density at radius 1 is 0.853 bits per heavy atom. The molecular formula is C28H26N2O4. The van der Waals surface area contributed by atoms with Gasteiger partial charge >= 0.3 is 0 Å². The summed E-state index contributed by atoms with van der Waals surface area (Å²) in [6.07, 6.45) is 0. The number of rotatable bonds is 6. The third-order valence-corrected chi connectivity index (χ3v) is 5.96. The average Bonchev–Trinajstić information content (AvgIpc) is 3.48. The molecule has 4 aromatic rings. The summed E-state index contributed by atoms with van der Waals surface area (Å²) in [5.41, 5.74) is 6.68. The number of ether oxygens (including phenoxy) is 2. The van der Waals surface area contributed by atoms with Crippen LogP contribution in [0.2, 0.25) is 0 Å². The van der Waals surface area contributed by atoms with Gasteiger partial charge in [-0.05, 0) is 56.2 Å². The van der Waals surface area contributed by atoms with Crippen LogP contribution < -0.4 is 9.47 Å². The van der Waals surface area contributed by atoms with E-state index in [4.69, 9.17) is 14.0 Å². The van der Waals surface area contributed by atoms with E-state index in [-0.39, 0.29) is 12.7 Å². The van der Waals surface area contributed by atoms with Gasteiger partial charge in [-0.3, -0.25) is 4.79 Å². The number of fused-ring (bicyclic) bond motifs is 1. The Labute approximate surface area is 198 Å². The Bertz CT molecular complexity index is 1340. The van der Waals surface area contributed by atoms with Crippen molar-refractivity contribution < 1.29 is 18.8 Å². The molecule has 5 rings (SSSR count). The molecule has 0 saturated carbocycles. The van der Waals surface area contributed by atoms with Crippen LogP contribution in [0.5, 0.6) is 11.5 Å². The molecule has 1 aromatic heterocycles. The predicted octanol–water partition coefficient (Wildman–Crippen LogP) is 5.84. The Morgan fingerprint density at radius 3 is 2.41 bits per heavy atom. The highest BCUT2D eigenvalue weighted by Gasteiger charge is 2.21. The van der Waals surface area contributed by atoms with E-state index in [1.807, 2.05) is 61.5 Å². The fraction of sp³-hybridized carbons (Fsp3) is 0.214. The second-order valence-corrected chi connectivity index (χ2v) is 8.72. The maximum atomic E-state index is 13.5. The molecule has 0 spiro atoms. The first-order valence-corrected chi connectivity index (χ1v) is 11.2. The molecule has 0 bridgehead atoms. The number of benzene rings is 3. The lowest BCUT2D eigenvalue weighted by Crippen LogP contribution is -2.30. The van der Waals surface area contributed by atoms with Crippen LogP contribution in [-0.2, 0) is 13.1 Å². The molecule has 1 aliphatic rings. The monoisotopic (exact) mass is 454 g/mol. The van der Waals surface area contributed by atoms with Crippen molar-refractivity contribution in [2.75, 3.05) is 6.79 Å². The van der Waals surface area contributed by atoms with Crippen LogP contribution in [0.3, 0.4) is 0 Å². The Balaban J connectivity index is 1.43. The minimum Gasteiger partial charge on any atom is -0.454 e. The van der Waals surface area contributed by atoms with E-state index in [1.165, 1.54) is 5.56 Å². The van der Waals surface area contributed by atoms with Crippen molar-refractivity contribution in [1.29, 1.82) is 0 Å². The van der Waals surface area contributed by atoms with Crippen molar-refractivity contribution in [2.45, 2.75) is 33.9 Å². The van der Waals surface area contributed by atoms with Gasteiger partial charge < -0.3 is 18.9 Å².